The third-order valence-electron chi connectivity index (χ3n) is 12.1. The Morgan fingerprint density at radius 1 is 0.224 bits per heavy atom. The summed E-state index contributed by atoms with van der Waals surface area (Å²) < 4.78 is 8.27. The van der Waals surface area contributed by atoms with Gasteiger partial charge in [-0.05, 0) is 0 Å². The minimum atomic E-state index is 0. The molecule has 4 N–H and O–H groups in total. The van der Waals surface area contributed by atoms with Crippen molar-refractivity contribution >= 4 is 0 Å². The summed E-state index contributed by atoms with van der Waals surface area (Å²) in [5, 5.41) is 0. The number of hydrogen-bond acceptors (Lipinski definition) is 6. The maximum atomic E-state index is 4.53. The van der Waals surface area contributed by atoms with Crippen molar-refractivity contribution in [3.63, 3.8) is 0 Å². The van der Waals surface area contributed by atoms with Crippen LogP contribution in [0.4, 0.5) is 0 Å². The molecule has 0 unspecified atom stereocenters. The third kappa shape index (κ3) is 13.8. The zero-order chi connectivity index (χ0) is 49.5. The van der Waals surface area contributed by atoms with Crippen LogP contribution in [0.5, 0.6) is 0 Å². The van der Waals surface area contributed by atoms with E-state index in [4.69, 9.17) is 0 Å². The maximum absolute atomic E-state index is 4.53. The van der Waals surface area contributed by atoms with Gasteiger partial charge in [0.15, 0.2) is 0 Å². The number of aryl methyl sites for hydroxylation is 4. The first kappa shape index (κ1) is 57.9. The molecule has 0 aliphatic heterocycles. The van der Waals surface area contributed by atoms with Crippen molar-refractivity contribution in [2.24, 2.45) is 28.2 Å². The summed E-state index contributed by atoms with van der Waals surface area (Å²) in [6, 6.07) is 82.6. The molecule has 0 bridgehead atoms. The molecule has 76 heavy (non-hydrogen) atoms. The smallest absolute Gasteiger partial charge is 0.870 e. The molecule has 4 heterocycles. The van der Waals surface area contributed by atoms with E-state index in [0.29, 0.717) is 0 Å². The second-order valence-corrected chi connectivity index (χ2v) is 17.1. The Hall–Kier alpha value is -9.03. The Labute approximate surface area is 455 Å². The van der Waals surface area contributed by atoms with Crippen LogP contribution in [-0.2, 0) is 44.7 Å². The fourth-order valence-electron chi connectivity index (χ4n) is 8.70. The number of benzene rings is 8. The van der Waals surface area contributed by atoms with Gasteiger partial charge in [-0.15, -0.1) is 0 Å². The van der Waals surface area contributed by atoms with Crippen LogP contribution in [0.15, 0.2) is 268 Å². The topological polar surface area (TPSA) is 163 Å². The molecular weight excluding hydrogens is 987 g/mol. The minimum Gasteiger partial charge on any atom is -0.870 e. The summed E-state index contributed by atoms with van der Waals surface area (Å²) >= 11 is 0. The van der Waals surface area contributed by atoms with Crippen molar-refractivity contribution in [3.05, 3.63) is 268 Å². The molecule has 0 atom stereocenters. The molecule has 0 radical (unpaired) electrons. The van der Waals surface area contributed by atoms with E-state index in [1.165, 1.54) is 22.3 Å². The Bertz CT molecular complexity index is 3060. The summed E-state index contributed by atoms with van der Waals surface area (Å²) in [7, 11) is 8.12. The van der Waals surface area contributed by atoms with Gasteiger partial charge in [-0.1, -0.05) is 243 Å². The number of hydrogen-bond donors (Lipinski definition) is 0. The van der Waals surface area contributed by atoms with Crippen LogP contribution in [0.2, 0.25) is 0 Å². The SMILES string of the molecule is Cn1cnc(-c2ccccc2)c1-c1ccccc1.Cn1cnc(-c2ccccc2)c1-c1ccccc1.Cn1cnc(-c2ccccc2)c1-c1ccccc1.Cn1cnc(-c2ccccc2)c1-c1ccccc1.O.[Ni+2].[OH-].[OH-]. The molecule has 0 spiro atoms. The van der Waals surface area contributed by atoms with E-state index in [9.17, 15) is 0 Å². The second-order valence-electron chi connectivity index (χ2n) is 17.1. The van der Waals surface area contributed by atoms with E-state index in [2.05, 4.69) is 184 Å². The van der Waals surface area contributed by atoms with E-state index in [0.717, 1.165) is 67.8 Å². The van der Waals surface area contributed by atoms with Crippen molar-refractivity contribution in [1.29, 1.82) is 0 Å². The summed E-state index contributed by atoms with van der Waals surface area (Å²) in [6.45, 7) is 0. The fraction of sp³-hybridized carbons (Fsp3) is 0.0625. The van der Waals surface area contributed by atoms with E-state index in [1.54, 1.807) is 0 Å². The molecule has 12 aromatic rings. The van der Waals surface area contributed by atoms with Gasteiger partial charge in [0, 0.05) is 72.7 Å². The molecule has 0 aliphatic carbocycles. The van der Waals surface area contributed by atoms with Gasteiger partial charge in [0.1, 0.15) is 0 Å². The van der Waals surface area contributed by atoms with Gasteiger partial charge < -0.3 is 34.7 Å². The van der Waals surface area contributed by atoms with Crippen LogP contribution < -0.4 is 0 Å². The average Bonchev–Trinajstić information content (AvgIpc) is 4.26. The van der Waals surface area contributed by atoms with Gasteiger partial charge >= 0.3 is 16.5 Å². The summed E-state index contributed by atoms with van der Waals surface area (Å²) in [4.78, 5) is 18.1. The van der Waals surface area contributed by atoms with Gasteiger partial charge in [-0.3, -0.25) is 0 Å². The molecule has 384 valence electrons. The second kappa shape index (κ2) is 28.4. The molecule has 0 saturated carbocycles. The van der Waals surface area contributed by atoms with Crippen LogP contribution in [0.25, 0.3) is 90.1 Å². The number of aromatic nitrogens is 8. The van der Waals surface area contributed by atoms with Crippen molar-refractivity contribution in [2.75, 3.05) is 0 Å². The number of rotatable bonds is 8. The molecule has 11 nitrogen and oxygen atoms in total. The largest absolute Gasteiger partial charge is 2.00 e. The molecule has 12 heteroatoms. The fourth-order valence-corrected chi connectivity index (χ4v) is 8.70. The van der Waals surface area contributed by atoms with E-state index >= 15 is 0 Å². The molecule has 12 rings (SSSR count). The Kier molecular flexibility index (Phi) is 21.6. The van der Waals surface area contributed by atoms with E-state index < -0.39 is 0 Å². The zero-order valence-electron chi connectivity index (χ0n) is 42.7. The monoisotopic (exact) mass is 1050 g/mol. The van der Waals surface area contributed by atoms with Gasteiger partial charge in [0.2, 0.25) is 0 Å². The maximum Gasteiger partial charge on any atom is 2.00 e. The molecule has 0 aliphatic rings. The molecule has 0 amide bonds. The quantitative estimate of drug-likeness (QED) is 0.138. The Morgan fingerprint density at radius 3 is 0.500 bits per heavy atom. The molecule has 0 saturated heterocycles. The third-order valence-corrected chi connectivity index (χ3v) is 12.1. The van der Waals surface area contributed by atoms with Crippen LogP contribution >= 0.6 is 0 Å². The summed E-state index contributed by atoms with van der Waals surface area (Å²) in [5.74, 6) is 0. The molecule has 0 fully saturated rings. The van der Waals surface area contributed by atoms with Gasteiger partial charge in [0.25, 0.3) is 0 Å². The number of nitrogens with zero attached hydrogens (tertiary/aromatic N) is 8. The standard InChI is InChI=1S/4C16H14N2.Ni.3H2O/c4*1-18-12-17-15(13-8-4-2-5-9-13)16(18)14-10-6-3-7-11-14;;;;/h4*2-12H,1H3;;3*1H2/q;;;;+2;;;/p-2. The van der Waals surface area contributed by atoms with E-state index in [-0.39, 0.29) is 32.9 Å². The number of imidazole rings is 4. The van der Waals surface area contributed by atoms with Gasteiger partial charge in [0.05, 0.1) is 70.9 Å². The van der Waals surface area contributed by atoms with Crippen LogP contribution in [0, 0.1) is 0 Å². The van der Waals surface area contributed by atoms with Crippen LogP contribution in [0.3, 0.4) is 0 Å². The van der Waals surface area contributed by atoms with Gasteiger partial charge in [-0.2, -0.15) is 0 Å². The predicted molar refractivity (Wildman–Crippen MR) is 304 cm³/mol. The first-order chi connectivity index (χ1) is 35.4. The Balaban J connectivity index is 0.000000184. The minimum absolute atomic E-state index is 0. The van der Waals surface area contributed by atoms with Crippen molar-refractivity contribution in [3.8, 4) is 90.1 Å². The molecular formula is C64H60N8NiO3. The summed E-state index contributed by atoms with van der Waals surface area (Å²) in [5.41, 5.74) is 18.1. The average molecular weight is 1050 g/mol. The van der Waals surface area contributed by atoms with Crippen molar-refractivity contribution in [2.45, 2.75) is 0 Å². The van der Waals surface area contributed by atoms with Gasteiger partial charge in [-0.25, -0.2) is 19.9 Å². The zero-order valence-corrected chi connectivity index (χ0v) is 43.7. The predicted octanol–water partition coefficient (Wildman–Crippen LogP) is 13.8. The summed E-state index contributed by atoms with van der Waals surface area (Å²) in [6.07, 6.45) is 7.46. The van der Waals surface area contributed by atoms with E-state index in [1.807, 2.05) is 151 Å². The van der Waals surface area contributed by atoms with Crippen molar-refractivity contribution < 1.29 is 32.9 Å². The molecule has 4 aromatic heterocycles. The van der Waals surface area contributed by atoms with Crippen molar-refractivity contribution in [1.82, 2.24) is 38.2 Å². The van der Waals surface area contributed by atoms with Crippen LogP contribution in [-0.4, -0.2) is 54.6 Å². The first-order valence-corrected chi connectivity index (χ1v) is 23.9. The normalized spacial score (nSPS) is 9.95. The molecule has 8 aromatic carbocycles. The Morgan fingerprint density at radius 2 is 0.355 bits per heavy atom. The van der Waals surface area contributed by atoms with Crippen LogP contribution in [0.1, 0.15) is 0 Å². The first-order valence-electron chi connectivity index (χ1n) is 23.9.